The van der Waals surface area contributed by atoms with E-state index in [0.717, 1.165) is 23.0 Å². The van der Waals surface area contributed by atoms with Crippen LogP contribution in [0.5, 0.6) is 0 Å². The molecule has 1 unspecified atom stereocenters. The van der Waals surface area contributed by atoms with E-state index in [-0.39, 0.29) is 5.92 Å². The second-order valence-corrected chi connectivity index (χ2v) is 4.78. The molecule has 0 aliphatic carbocycles. The molecule has 0 aliphatic heterocycles. The number of nitrogens with zero attached hydrogens (tertiary/aromatic N) is 4. The molecule has 0 saturated heterocycles. The lowest BCUT2D eigenvalue weighted by molar-refractivity contribution is 0.675. The first kappa shape index (κ1) is 13.6. The summed E-state index contributed by atoms with van der Waals surface area (Å²) in [7, 11) is 0. The van der Waals surface area contributed by atoms with Gasteiger partial charge in [0.05, 0.1) is 10.7 Å². The van der Waals surface area contributed by atoms with Gasteiger partial charge in [-0.25, -0.2) is 0 Å². The topological polar surface area (TPSA) is 55.6 Å². The van der Waals surface area contributed by atoms with Gasteiger partial charge in [0, 0.05) is 18.9 Å². The minimum Gasteiger partial charge on any atom is -0.380 e. The van der Waals surface area contributed by atoms with Crippen molar-refractivity contribution in [1.82, 2.24) is 25.5 Å². The van der Waals surface area contributed by atoms with Crippen LogP contribution in [-0.2, 0) is 6.42 Å². The third kappa shape index (κ3) is 3.35. The summed E-state index contributed by atoms with van der Waals surface area (Å²) < 4.78 is 1.76. The summed E-state index contributed by atoms with van der Waals surface area (Å²) in [6, 6.07) is 9.86. The fraction of sp³-hybridized carbons (Fsp3) is 0.385. The molecule has 19 heavy (non-hydrogen) atoms. The SMILES string of the molecule is CCNC(=S)C(C)Cc1nnnn1-c1ccccc1. The van der Waals surface area contributed by atoms with Gasteiger partial charge in [0.25, 0.3) is 0 Å². The molecule has 2 aromatic rings. The quantitative estimate of drug-likeness (QED) is 0.843. The molecule has 0 bridgehead atoms. The van der Waals surface area contributed by atoms with Crippen molar-refractivity contribution < 1.29 is 0 Å². The van der Waals surface area contributed by atoms with Gasteiger partial charge in [0.15, 0.2) is 5.82 Å². The second-order valence-electron chi connectivity index (χ2n) is 4.34. The maximum absolute atomic E-state index is 5.32. The Morgan fingerprint density at radius 1 is 1.37 bits per heavy atom. The maximum Gasteiger partial charge on any atom is 0.157 e. The molecule has 100 valence electrons. The number of hydrogen-bond acceptors (Lipinski definition) is 4. The zero-order valence-electron chi connectivity index (χ0n) is 11.1. The predicted molar refractivity (Wildman–Crippen MR) is 78.3 cm³/mol. The summed E-state index contributed by atoms with van der Waals surface area (Å²) in [4.78, 5) is 0.852. The fourth-order valence-electron chi connectivity index (χ4n) is 1.82. The van der Waals surface area contributed by atoms with Crippen molar-refractivity contribution in [2.75, 3.05) is 6.54 Å². The number of nitrogens with one attached hydrogen (secondary N) is 1. The van der Waals surface area contributed by atoms with Gasteiger partial charge in [-0.1, -0.05) is 37.3 Å². The van der Waals surface area contributed by atoms with Crippen LogP contribution in [0.15, 0.2) is 30.3 Å². The van der Waals surface area contributed by atoms with E-state index in [1.165, 1.54) is 0 Å². The molecule has 0 radical (unpaired) electrons. The molecule has 5 nitrogen and oxygen atoms in total. The smallest absolute Gasteiger partial charge is 0.157 e. The lowest BCUT2D eigenvalue weighted by Gasteiger charge is -2.13. The third-order valence-corrected chi connectivity index (χ3v) is 3.37. The van der Waals surface area contributed by atoms with Crippen molar-refractivity contribution in [2.45, 2.75) is 20.3 Å². The second kappa shape index (κ2) is 6.38. The Morgan fingerprint density at radius 2 is 2.11 bits per heavy atom. The van der Waals surface area contributed by atoms with Gasteiger partial charge in [-0.15, -0.1) is 5.10 Å². The molecular formula is C13H17N5S. The minimum atomic E-state index is 0.211. The number of para-hydroxylation sites is 1. The summed E-state index contributed by atoms with van der Waals surface area (Å²) in [5.74, 6) is 1.03. The molecule has 0 amide bonds. The van der Waals surface area contributed by atoms with E-state index in [1.807, 2.05) is 37.3 Å². The van der Waals surface area contributed by atoms with Crippen LogP contribution >= 0.6 is 12.2 Å². The van der Waals surface area contributed by atoms with Gasteiger partial charge in [-0.2, -0.15) is 4.68 Å². The van der Waals surface area contributed by atoms with Gasteiger partial charge >= 0.3 is 0 Å². The highest BCUT2D eigenvalue weighted by Crippen LogP contribution is 2.11. The highest BCUT2D eigenvalue weighted by atomic mass is 32.1. The van der Waals surface area contributed by atoms with E-state index in [4.69, 9.17) is 12.2 Å². The fourth-order valence-corrected chi connectivity index (χ4v) is 2.05. The molecular weight excluding hydrogens is 258 g/mol. The largest absolute Gasteiger partial charge is 0.380 e. The molecule has 1 aromatic heterocycles. The molecule has 0 saturated carbocycles. The first-order valence-corrected chi connectivity index (χ1v) is 6.73. The van der Waals surface area contributed by atoms with Gasteiger partial charge in [-0.05, 0) is 29.5 Å². The van der Waals surface area contributed by atoms with Crippen molar-refractivity contribution in [2.24, 2.45) is 5.92 Å². The highest BCUT2D eigenvalue weighted by Gasteiger charge is 2.15. The summed E-state index contributed by atoms with van der Waals surface area (Å²) in [6.45, 7) is 4.95. The van der Waals surface area contributed by atoms with Gasteiger partial charge < -0.3 is 5.32 Å². The summed E-state index contributed by atoms with van der Waals surface area (Å²) in [5, 5.41) is 15.1. The maximum atomic E-state index is 5.32. The summed E-state index contributed by atoms with van der Waals surface area (Å²) >= 11 is 5.32. The van der Waals surface area contributed by atoms with Gasteiger partial charge in [-0.3, -0.25) is 0 Å². The molecule has 1 atom stereocenters. The first-order valence-electron chi connectivity index (χ1n) is 6.32. The monoisotopic (exact) mass is 275 g/mol. The van der Waals surface area contributed by atoms with Crippen LogP contribution < -0.4 is 5.32 Å². The number of tetrazole rings is 1. The summed E-state index contributed by atoms with van der Waals surface area (Å²) in [5.41, 5.74) is 0.962. The molecule has 0 fully saturated rings. The van der Waals surface area contributed by atoms with E-state index in [0.29, 0.717) is 6.42 Å². The molecule has 1 N–H and O–H groups in total. The van der Waals surface area contributed by atoms with E-state index < -0.39 is 0 Å². The Kier molecular flexibility index (Phi) is 4.57. The van der Waals surface area contributed by atoms with Crippen LogP contribution in [0.2, 0.25) is 0 Å². The van der Waals surface area contributed by atoms with Crippen LogP contribution in [0, 0.1) is 5.92 Å². The van der Waals surface area contributed by atoms with Crippen molar-refractivity contribution >= 4 is 17.2 Å². The predicted octanol–water partition coefficient (Wildman–Crippen LogP) is 1.78. The van der Waals surface area contributed by atoms with E-state index in [9.17, 15) is 0 Å². The Hall–Kier alpha value is -1.82. The van der Waals surface area contributed by atoms with E-state index >= 15 is 0 Å². The Balaban J connectivity index is 2.15. The highest BCUT2D eigenvalue weighted by molar-refractivity contribution is 7.80. The molecule has 1 heterocycles. The van der Waals surface area contributed by atoms with Crippen molar-refractivity contribution in [3.05, 3.63) is 36.2 Å². The standard InChI is InChI=1S/C13H17N5S/c1-3-14-13(19)10(2)9-12-15-16-17-18(12)11-7-5-4-6-8-11/h4-8,10H,3,9H2,1-2H3,(H,14,19). The lowest BCUT2D eigenvalue weighted by Crippen LogP contribution is -2.28. The van der Waals surface area contributed by atoms with Crippen LogP contribution in [0.1, 0.15) is 19.7 Å². The van der Waals surface area contributed by atoms with E-state index in [2.05, 4.69) is 27.8 Å². The van der Waals surface area contributed by atoms with Crippen LogP contribution in [0.3, 0.4) is 0 Å². The average molecular weight is 275 g/mol. The normalized spacial score (nSPS) is 12.1. The number of rotatable bonds is 5. The molecule has 6 heteroatoms. The zero-order chi connectivity index (χ0) is 13.7. The van der Waals surface area contributed by atoms with Crippen LogP contribution in [0.25, 0.3) is 5.69 Å². The lowest BCUT2D eigenvalue weighted by atomic mass is 10.1. The van der Waals surface area contributed by atoms with Crippen molar-refractivity contribution in [1.29, 1.82) is 0 Å². The molecule has 0 spiro atoms. The Morgan fingerprint density at radius 3 is 2.79 bits per heavy atom. The Labute approximate surface area is 118 Å². The minimum absolute atomic E-state index is 0.211. The summed E-state index contributed by atoms with van der Waals surface area (Å²) in [6.07, 6.45) is 0.716. The van der Waals surface area contributed by atoms with Crippen molar-refractivity contribution in [3.8, 4) is 5.69 Å². The third-order valence-electron chi connectivity index (χ3n) is 2.82. The van der Waals surface area contributed by atoms with Crippen LogP contribution in [0.4, 0.5) is 0 Å². The zero-order valence-corrected chi connectivity index (χ0v) is 11.9. The number of aromatic nitrogens is 4. The van der Waals surface area contributed by atoms with Gasteiger partial charge in [0.2, 0.25) is 0 Å². The number of hydrogen-bond donors (Lipinski definition) is 1. The van der Waals surface area contributed by atoms with Crippen LogP contribution in [-0.4, -0.2) is 31.7 Å². The Bertz CT molecular complexity index is 537. The van der Waals surface area contributed by atoms with Crippen molar-refractivity contribution in [3.63, 3.8) is 0 Å². The number of benzene rings is 1. The molecule has 0 aliphatic rings. The van der Waals surface area contributed by atoms with Gasteiger partial charge in [0.1, 0.15) is 0 Å². The first-order chi connectivity index (χ1) is 9.22. The molecule has 2 rings (SSSR count). The van der Waals surface area contributed by atoms with E-state index in [1.54, 1.807) is 4.68 Å². The molecule has 1 aromatic carbocycles. The average Bonchev–Trinajstić information content (AvgIpc) is 2.88. The number of thiocarbonyl (C=S) groups is 1.